The van der Waals surface area contributed by atoms with Gasteiger partial charge in [0.05, 0.1) is 18.1 Å². The first-order valence-electron chi connectivity index (χ1n) is 10.1. The quantitative estimate of drug-likeness (QED) is 0.318. The SMILES string of the molecule is CC(C)C(=O)[C@H](CCCN)NC(=O)[C@@H](NC(=O)[C@H](CN)CC(C)(C)C)[C@H](C)O. The Bertz CT molecular complexity index is 515. The van der Waals surface area contributed by atoms with E-state index in [1.54, 1.807) is 13.8 Å². The van der Waals surface area contributed by atoms with Crippen LogP contribution in [0.15, 0.2) is 0 Å². The van der Waals surface area contributed by atoms with Crippen LogP contribution in [0.5, 0.6) is 0 Å². The maximum Gasteiger partial charge on any atom is 0.245 e. The van der Waals surface area contributed by atoms with E-state index in [0.29, 0.717) is 25.8 Å². The Morgan fingerprint density at radius 1 is 1.00 bits per heavy atom. The van der Waals surface area contributed by atoms with Crippen LogP contribution in [0.3, 0.4) is 0 Å². The monoisotopic (exact) mass is 400 g/mol. The molecule has 0 heterocycles. The highest BCUT2D eigenvalue weighted by Gasteiger charge is 2.32. The van der Waals surface area contributed by atoms with Gasteiger partial charge in [-0.15, -0.1) is 0 Å². The number of amides is 2. The lowest BCUT2D eigenvalue weighted by Crippen LogP contribution is -2.57. The van der Waals surface area contributed by atoms with E-state index in [4.69, 9.17) is 11.5 Å². The van der Waals surface area contributed by atoms with Gasteiger partial charge in [0.2, 0.25) is 11.8 Å². The van der Waals surface area contributed by atoms with Crippen LogP contribution in [0.25, 0.3) is 0 Å². The number of hydrogen-bond donors (Lipinski definition) is 5. The first-order chi connectivity index (χ1) is 12.8. The van der Waals surface area contributed by atoms with Crippen LogP contribution in [0.1, 0.15) is 60.8 Å². The lowest BCUT2D eigenvalue weighted by atomic mass is 9.84. The summed E-state index contributed by atoms with van der Waals surface area (Å²) in [5, 5.41) is 15.3. The topological polar surface area (TPSA) is 148 Å². The van der Waals surface area contributed by atoms with Crippen LogP contribution in [-0.4, -0.2) is 54.0 Å². The Kier molecular flexibility index (Phi) is 11.5. The zero-order valence-corrected chi connectivity index (χ0v) is 18.2. The maximum absolute atomic E-state index is 12.7. The minimum Gasteiger partial charge on any atom is -0.391 e. The van der Waals surface area contributed by atoms with Gasteiger partial charge in [-0.05, 0) is 38.1 Å². The number of aliphatic hydroxyl groups is 1. The van der Waals surface area contributed by atoms with Crippen LogP contribution in [0.2, 0.25) is 0 Å². The summed E-state index contributed by atoms with van der Waals surface area (Å²) in [5.74, 6) is -1.81. The second kappa shape index (κ2) is 12.1. The van der Waals surface area contributed by atoms with Crippen molar-refractivity contribution in [1.29, 1.82) is 0 Å². The second-order valence-corrected chi connectivity index (χ2v) is 8.97. The molecule has 164 valence electrons. The standard InChI is InChI=1S/C20H40N4O4/c1-12(2)17(26)15(8-7-9-21)23-19(28)16(13(3)25)24-18(27)14(11-22)10-20(4,5)6/h12-16,25H,7-11,21-22H2,1-6H3,(H,23,28)(H,24,27)/t13-,14-,15-,16-/m0/s1. The molecule has 0 fully saturated rings. The van der Waals surface area contributed by atoms with Crippen LogP contribution in [0.4, 0.5) is 0 Å². The van der Waals surface area contributed by atoms with E-state index in [0.717, 1.165) is 0 Å². The zero-order chi connectivity index (χ0) is 22.1. The molecule has 0 spiro atoms. The maximum atomic E-state index is 12.7. The fourth-order valence-corrected chi connectivity index (χ4v) is 2.97. The third kappa shape index (κ3) is 9.61. The molecule has 0 unspecified atom stereocenters. The number of Topliss-reactive ketones (excluding diaryl/α,β-unsaturated/α-hetero) is 1. The smallest absolute Gasteiger partial charge is 0.245 e. The van der Waals surface area contributed by atoms with Crippen LogP contribution in [-0.2, 0) is 14.4 Å². The molecule has 0 aromatic carbocycles. The Labute approximate surface area is 169 Å². The third-order valence-electron chi connectivity index (χ3n) is 4.50. The molecule has 0 aromatic heterocycles. The number of aliphatic hydroxyl groups excluding tert-OH is 1. The summed E-state index contributed by atoms with van der Waals surface area (Å²) < 4.78 is 0. The van der Waals surface area contributed by atoms with Gasteiger partial charge in [0.15, 0.2) is 5.78 Å². The molecule has 0 aliphatic heterocycles. The lowest BCUT2D eigenvalue weighted by Gasteiger charge is -2.28. The molecule has 8 nitrogen and oxygen atoms in total. The molecule has 0 saturated carbocycles. The summed E-state index contributed by atoms with van der Waals surface area (Å²) in [6, 6.07) is -1.86. The number of hydrogen-bond acceptors (Lipinski definition) is 6. The predicted molar refractivity (Wildman–Crippen MR) is 110 cm³/mol. The highest BCUT2D eigenvalue weighted by atomic mass is 16.3. The van der Waals surface area contributed by atoms with E-state index in [-0.39, 0.29) is 29.6 Å². The molecule has 0 bridgehead atoms. The fourth-order valence-electron chi connectivity index (χ4n) is 2.97. The Hall–Kier alpha value is -1.51. The van der Waals surface area contributed by atoms with Gasteiger partial charge in [0, 0.05) is 12.5 Å². The minimum atomic E-state index is -1.16. The van der Waals surface area contributed by atoms with Crippen molar-refractivity contribution < 1.29 is 19.5 Å². The van der Waals surface area contributed by atoms with E-state index in [9.17, 15) is 19.5 Å². The van der Waals surface area contributed by atoms with Gasteiger partial charge in [-0.3, -0.25) is 14.4 Å². The Balaban J connectivity index is 5.25. The van der Waals surface area contributed by atoms with Crippen molar-refractivity contribution in [1.82, 2.24) is 10.6 Å². The summed E-state index contributed by atoms with van der Waals surface area (Å²) in [6.07, 6.45) is 0.417. The Morgan fingerprint density at radius 2 is 1.57 bits per heavy atom. The molecule has 7 N–H and O–H groups in total. The van der Waals surface area contributed by atoms with Crippen LogP contribution >= 0.6 is 0 Å². The van der Waals surface area contributed by atoms with E-state index in [2.05, 4.69) is 10.6 Å². The van der Waals surface area contributed by atoms with Crippen molar-refractivity contribution in [2.45, 2.75) is 79.0 Å². The van der Waals surface area contributed by atoms with Crippen molar-refractivity contribution in [3.63, 3.8) is 0 Å². The van der Waals surface area contributed by atoms with Gasteiger partial charge in [-0.25, -0.2) is 0 Å². The van der Waals surface area contributed by atoms with Crippen LogP contribution in [0, 0.1) is 17.3 Å². The first kappa shape index (κ1) is 26.5. The molecular formula is C20H40N4O4. The average molecular weight is 401 g/mol. The largest absolute Gasteiger partial charge is 0.391 e. The number of rotatable bonds is 12. The van der Waals surface area contributed by atoms with Crippen molar-refractivity contribution in [3.05, 3.63) is 0 Å². The number of nitrogens with one attached hydrogen (secondary N) is 2. The summed E-state index contributed by atoms with van der Waals surface area (Å²) in [6.45, 7) is 11.5. The Morgan fingerprint density at radius 3 is 1.96 bits per heavy atom. The van der Waals surface area contributed by atoms with Gasteiger partial charge in [0.25, 0.3) is 0 Å². The molecule has 0 aliphatic rings. The van der Waals surface area contributed by atoms with Gasteiger partial charge >= 0.3 is 0 Å². The summed E-state index contributed by atoms with van der Waals surface area (Å²) in [4.78, 5) is 37.7. The lowest BCUT2D eigenvalue weighted by molar-refractivity contribution is -0.136. The second-order valence-electron chi connectivity index (χ2n) is 8.97. The molecule has 0 rings (SSSR count). The van der Waals surface area contributed by atoms with Crippen molar-refractivity contribution >= 4 is 17.6 Å². The van der Waals surface area contributed by atoms with Gasteiger partial charge in [-0.1, -0.05) is 34.6 Å². The highest BCUT2D eigenvalue weighted by molar-refractivity contribution is 5.94. The number of carbonyl (C=O) groups is 3. The van der Waals surface area contributed by atoms with Gasteiger partial charge in [0.1, 0.15) is 6.04 Å². The molecule has 0 aliphatic carbocycles. The average Bonchev–Trinajstić information content (AvgIpc) is 2.58. The van der Waals surface area contributed by atoms with E-state index in [1.165, 1.54) is 6.92 Å². The van der Waals surface area contributed by atoms with Crippen LogP contribution < -0.4 is 22.1 Å². The molecule has 0 radical (unpaired) electrons. The van der Waals surface area contributed by atoms with Gasteiger partial charge in [-0.2, -0.15) is 0 Å². The molecule has 0 aromatic rings. The molecule has 0 saturated heterocycles. The fraction of sp³-hybridized carbons (Fsp3) is 0.850. The summed E-state index contributed by atoms with van der Waals surface area (Å²) in [7, 11) is 0. The molecule has 2 amide bonds. The van der Waals surface area contributed by atoms with Crippen molar-refractivity contribution in [3.8, 4) is 0 Å². The van der Waals surface area contributed by atoms with Crippen molar-refractivity contribution in [2.75, 3.05) is 13.1 Å². The molecule has 4 atom stereocenters. The predicted octanol–water partition coefficient (Wildman–Crippen LogP) is 0.312. The molecular weight excluding hydrogens is 360 g/mol. The van der Waals surface area contributed by atoms with Gasteiger partial charge < -0.3 is 27.2 Å². The van der Waals surface area contributed by atoms with E-state index >= 15 is 0 Å². The molecule has 28 heavy (non-hydrogen) atoms. The third-order valence-corrected chi connectivity index (χ3v) is 4.50. The number of nitrogens with two attached hydrogens (primary N) is 2. The van der Waals surface area contributed by atoms with E-state index < -0.39 is 30.0 Å². The number of ketones is 1. The van der Waals surface area contributed by atoms with E-state index in [1.807, 2.05) is 20.8 Å². The van der Waals surface area contributed by atoms with Crippen molar-refractivity contribution in [2.24, 2.45) is 28.7 Å². The molecule has 8 heteroatoms. The zero-order valence-electron chi connectivity index (χ0n) is 18.2. The number of carbonyl (C=O) groups excluding carboxylic acids is 3. The highest BCUT2D eigenvalue weighted by Crippen LogP contribution is 2.24. The summed E-state index contributed by atoms with van der Waals surface area (Å²) >= 11 is 0. The minimum absolute atomic E-state index is 0.106. The first-order valence-corrected chi connectivity index (χ1v) is 10.1. The normalized spacial score (nSPS) is 16.2. The summed E-state index contributed by atoms with van der Waals surface area (Å²) in [5.41, 5.74) is 11.2.